The van der Waals surface area contributed by atoms with Gasteiger partial charge in [0.1, 0.15) is 5.41 Å². The molecule has 1 unspecified atom stereocenters. The molecule has 1 aliphatic heterocycles. The molecule has 2 aliphatic rings. The van der Waals surface area contributed by atoms with Crippen LogP contribution >= 0.6 is 0 Å². The van der Waals surface area contributed by atoms with Crippen molar-refractivity contribution in [2.24, 2.45) is 5.41 Å². The Labute approximate surface area is 103 Å². The summed E-state index contributed by atoms with van der Waals surface area (Å²) in [6.07, 6.45) is 6.98. The van der Waals surface area contributed by atoms with Gasteiger partial charge in [-0.1, -0.05) is 19.3 Å². The number of aliphatic carboxylic acids is 1. The lowest BCUT2D eigenvalue weighted by atomic mass is 9.85. The van der Waals surface area contributed by atoms with E-state index >= 15 is 0 Å². The number of hydrogen-bond acceptors (Lipinski definition) is 3. The molecule has 1 atom stereocenters. The zero-order chi connectivity index (χ0) is 12.3. The van der Waals surface area contributed by atoms with E-state index in [1.165, 1.54) is 32.1 Å². The third kappa shape index (κ3) is 2.80. The third-order valence-corrected chi connectivity index (χ3v) is 4.31. The Morgan fingerprint density at radius 3 is 2.65 bits per heavy atom. The molecule has 0 spiro atoms. The van der Waals surface area contributed by atoms with Crippen molar-refractivity contribution in [1.82, 2.24) is 4.90 Å². The zero-order valence-corrected chi connectivity index (χ0v) is 10.7. The smallest absolute Gasteiger partial charge is 0.313 e. The molecule has 0 radical (unpaired) electrons. The first-order valence-electron chi connectivity index (χ1n) is 6.65. The molecule has 0 amide bonds. The highest BCUT2D eigenvalue weighted by atomic mass is 16.5. The second-order valence-electron chi connectivity index (χ2n) is 5.60. The maximum Gasteiger partial charge on any atom is 0.313 e. The van der Waals surface area contributed by atoms with Gasteiger partial charge in [0, 0.05) is 19.2 Å². The molecule has 1 heterocycles. The summed E-state index contributed by atoms with van der Waals surface area (Å²) in [5.41, 5.74) is -0.661. The van der Waals surface area contributed by atoms with Gasteiger partial charge in [-0.05, 0) is 26.3 Å². The average Bonchev–Trinajstić information content (AvgIpc) is 2.80. The van der Waals surface area contributed by atoms with Crippen LogP contribution in [0.5, 0.6) is 0 Å². The normalized spacial score (nSPS) is 30.9. The Hall–Kier alpha value is -0.610. The molecule has 17 heavy (non-hydrogen) atoms. The number of carbonyl (C=O) groups is 1. The quantitative estimate of drug-likeness (QED) is 0.814. The molecule has 98 valence electrons. The SMILES string of the molecule is CN(CC1(C(=O)O)CCOC1)C1CCCCC1. The highest BCUT2D eigenvalue weighted by Crippen LogP contribution is 2.32. The third-order valence-electron chi connectivity index (χ3n) is 4.31. The van der Waals surface area contributed by atoms with Gasteiger partial charge in [0.25, 0.3) is 0 Å². The molecule has 2 rings (SSSR count). The van der Waals surface area contributed by atoms with E-state index in [4.69, 9.17) is 4.74 Å². The van der Waals surface area contributed by atoms with Crippen molar-refractivity contribution >= 4 is 5.97 Å². The van der Waals surface area contributed by atoms with Crippen LogP contribution in [0.3, 0.4) is 0 Å². The molecule has 0 aromatic heterocycles. The first-order chi connectivity index (χ1) is 8.14. The number of carboxylic acid groups (broad SMARTS) is 1. The second kappa shape index (κ2) is 5.36. The molecule has 4 heteroatoms. The number of carboxylic acids is 1. The van der Waals surface area contributed by atoms with Crippen molar-refractivity contribution in [3.8, 4) is 0 Å². The van der Waals surface area contributed by atoms with E-state index in [0.717, 1.165) is 0 Å². The van der Waals surface area contributed by atoms with Crippen molar-refractivity contribution in [3.05, 3.63) is 0 Å². The molecule has 0 bridgehead atoms. The Kier molecular flexibility index (Phi) is 4.05. The summed E-state index contributed by atoms with van der Waals surface area (Å²) in [6.45, 7) is 1.59. The molecule has 1 saturated carbocycles. The number of hydrogen-bond donors (Lipinski definition) is 1. The monoisotopic (exact) mass is 241 g/mol. The lowest BCUT2D eigenvalue weighted by Gasteiger charge is -2.36. The summed E-state index contributed by atoms with van der Waals surface area (Å²) >= 11 is 0. The van der Waals surface area contributed by atoms with Gasteiger partial charge in [-0.25, -0.2) is 0 Å². The van der Waals surface area contributed by atoms with Gasteiger partial charge >= 0.3 is 5.97 Å². The molecule has 2 fully saturated rings. The van der Waals surface area contributed by atoms with E-state index in [1.54, 1.807) is 0 Å². The van der Waals surface area contributed by atoms with E-state index in [9.17, 15) is 9.90 Å². The fourth-order valence-corrected chi connectivity index (χ4v) is 3.10. The average molecular weight is 241 g/mol. The van der Waals surface area contributed by atoms with Crippen molar-refractivity contribution < 1.29 is 14.6 Å². The largest absolute Gasteiger partial charge is 0.481 e. The fraction of sp³-hybridized carbons (Fsp3) is 0.923. The minimum absolute atomic E-state index is 0.374. The van der Waals surface area contributed by atoms with E-state index in [1.807, 2.05) is 0 Å². The van der Waals surface area contributed by atoms with Gasteiger partial charge in [-0.15, -0.1) is 0 Å². The standard InChI is InChI=1S/C13H23NO3/c1-14(11-5-3-2-4-6-11)9-13(12(15)16)7-8-17-10-13/h11H,2-10H2,1H3,(H,15,16). The summed E-state index contributed by atoms with van der Waals surface area (Å²) in [6, 6.07) is 0.570. The number of rotatable bonds is 4. The van der Waals surface area contributed by atoms with Crippen molar-refractivity contribution in [2.45, 2.75) is 44.6 Å². The summed E-state index contributed by atoms with van der Waals surface area (Å²) in [5.74, 6) is -0.697. The lowest BCUT2D eigenvalue weighted by molar-refractivity contribution is -0.150. The van der Waals surface area contributed by atoms with Crippen LogP contribution in [-0.2, 0) is 9.53 Å². The highest BCUT2D eigenvalue weighted by molar-refractivity contribution is 5.75. The molecule has 0 aromatic rings. The van der Waals surface area contributed by atoms with E-state index in [2.05, 4.69) is 11.9 Å². The van der Waals surface area contributed by atoms with E-state index in [0.29, 0.717) is 32.2 Å². The van der Waals surface area contributed by atoms with E-state index < -0.39 is 11.4 Å². The highest BCUT2D eigenvalue weighted by Gasteiger charge is 2.44. The van der Waals surface area contributed by atoms with Crippen LogP contribution < -0.4 is 0 Å². The maximum atomic E-state index is 11.4. The fourth-order valence-electron chi connectivity index (χ4n) is 3.10. The summed E-state index contributed by atoms with van der Waals surface area (Å²) in [7, 11) is 2.07. The molecular weight excluding hydrogens is 218 g/mol. The predicted octanol–water partition coefficient (Wildman–Crippen LogP) is 1.74. The molecule has 4 nitrogen and oxygen atoms in total. The number of nitrogens with zero attached hydrogens (tertiary/aromatic N) is 1. The van der Waals surface area contributed by atoms with Gasteiger partial charge in [0.2, 0.25) is 0 Å². The van der Waals surface area contributed by atoms with Gasteiger partial charge in [-0.3, -0.25) is 4.79 Å². The minimum Gasteiger partial charge on any atom is -0.481 e. The Morgan fingerprint density at radius 2 is 2.12 bits per heavy atom. The predicted molar refractivity (Wildman–Crippen MR) is 65.0 cm³/mol. The van der Waals surface area contributed by atoms with Crippen molar-refractivity contribution in [1.29, 1.82) is 0 Å². The summed E-state index contributed by atoms with van der Waals surface area (Å²) in [5, 5.41) is 9.40. The molecule has 1 N–H and O–H groups in total. The molecule has 1 aliphatic carbocycles. The summed E-state index contributed by atoms with van der Waals surface area (Å²) < 4.78 is 5.30. The summed E-state index contributed by atoms with van der Waals surface area (Å²) in [4.78, 5) is 13.7. The van der Waals surface area contributed by atoms with Crippen LogP contribution in [0.15, 0.2) is 0 Å². The van der Waals surface area contributed by atoms with Gasteiger partial charge in [-0.2, -0.15) is 0 Å². The van der Waals surface area contributed by atoms with Crippen LogP contribution in [0.4, 0.5) is 0 Å². The lowest BCUT2D eigenvalue weighted by Crippen LogP contribution is -2.46. The second-order valence-corrected chi connectivity index (χ2v) is 5.60. The van der Waals surface area contributed by atoms with Crippen molar-refractivity contribution in [2.75, 3.05) is 26.8 Å². The van der Waals surface area contributed by atoms with E-state index in [-0.39, 0.29) is 0 Å². The van der Waals surface area contributed by atoms with Gasteiger partial charge < -0.3 is 14.7 Å². The minimum atomic E-state index is -0.697. The Morgan fingerprint density at radius 1 is 1.41 bits per heavy atom. The molecule has 0 aromatic carbocycles. The molecule has 1 saturated heterocycles. The maximum absolute atomic E-state index is 11.4. The molecular formula is C13H23NO3. The van der Waals surface area contributed by atoms with Crippen LogP contribution in [0.1, 0.15) is 38.5 Å². The topological polar surface area (TPSA) is 49.8 Å². The van der Waals surface area contributed by atoms with Crippen LogP contribution in [-0.4, -0.2) is 48.8 Å². The number of ether oxygens (including phenoxy) is 1. The Balaban J connectivity index is 1.95. The van der Waals surface area contributed by atoms with Gasteiger partial charge in [0.05, 0.1) is 6.61 Å². The first-order valence-corrected chi connectivity index (χ1v) is 6.65. The van der Waals surface area contributed by atoms with Crippen LogP contribution in [0.2, 0.25) is 0 Å². The first kappa shape index (κ1) is 12.8. The Bertz CT molecular complexity index is 268. The van der Waals surface area contributed by atoms with Gasteiger partial charge in [0.15, 0.2) is 0 Å². The van der Waals surface area contributed by atoms with Crippen molar-refractivity contribution in [3.63, 3.8) is 0 Å². The van der Waals surface area contributed by atoms with Crippen LogP contribution in [0, 0.1) is 5.41 Å². The zero-order valence-electron chi connectivity index (χ0n) is 10.7. The van der Waals surface area contributed by atoms with Crippen LogP contribution in [0.25, 0.3) is 0 Å².